The highest BCUT2D eigenvalue weighted by Crippen LogP contribution is 2.44. The van der Waals surface area contributed by atoms with E-state index in [1.54, 1.807) is 0 Å². The highest BCUT2D eigenvalue weighted by molar-refractivity contribution is 9.10. The molecule has 124 valence electrons. The van der Waals surface area contributed by atoms with Crippen LogP contribution in [-0.2, 0) is 6.42 Å². The third-order valence-electron chi connectivity index (χ3n) is 4.84. The van der Waals surface area contributed by atoms with Crippen LogP contribution in [0.15, 0.2) is 53.0 Å². The summed E-state index contributed by atoms with van der Waals surface area (Å²) in [5, 5.41) is 3.13. The molecule has 0 unspecified atom stereocenters. The first-order valence-corrected chi connectivity index (χ1v) is 8.95. The maximum atomic E-state index is 12.7. The number of carbonyl (C=O) groups is 1. The van der Waals surface area contributed by atoms with Crippen LogP contribution in [0.5, 0.6) is 5.75 Å². The molecule has 2 bridgehead atoms. The van der Waals surface area contributed by atoms with Crippen LogP contribution >= 0.6 is 15.9 Å². The van der Waals surface area contributed by atoms with E-state index in [4.69, 9.17) is 4.74 Å². The minimum atomic E-state index is -0.609. The number of fused-ring (bicyclic) bond motifs is 4. The second-order valence-corrected chi connectivity index (χ2v) is 7.47. The first-order valence-electron chi connectivity index (χ1n) is 8.16. The molecule has 0 aliphatic carbocycles. The van der Waals surface area contributed by atoms with Gasteiger partial charge in [0.15, 0.2) is 5.72 Å². The molecule has 2 atom stereocenters. The average molecular weight is 387 g/mol. The number of nitrogens with one attached hydrogen (secondary N) is 1. The van der Waals surface area contributed by atoms with Crippen molar-refractivity contribution in [2.24, 2.45) is 0 Å². The zero-order chi connectivity index (χ0) is 16.7. The highest BCUT2D eigenvalue weighted by atomic mass is 79.9. The smallest absolute Gasteiger partial charge is 0.320 e. The molecular weight excluding hydrogens is 368 g/mol. The van der Waals surface area contributed by atoms with Crippen molar-refractivity contribution >= 4 is 22.0 Å². The summed E-state index contributed by atoms with van der Waals surface area (Å²) in [6, 6.07) is 16.1. The van der Waals surface area contributed by atoms with Crippen molar-refractivity contribution in [1.82, 2.24) is 10.2 Å². The van der Waals surface area contributed by atoms with Gasteiger partial charge in [0.05, 0.1) is 6.04 Å². The summed E-state index contributed by atoms with van der Waals surface area (Å²) in [7, 11) is 0. The van der Waals surface area contributed by atoms with Gasteiger partial charge >= 0.3 is 6.03 Å². The molecular formula is C19H19BrN2O2. The lowest BCUT2D eigenvalue weighted by atomic mass is 9.90. The maximum Gasteiger partial charge on any atom is 0.320 e. The molecule has 2 aliphatic rings. The summed E-state index contributed by atoms with van der Waals surface area (Å²) in [6.45, 7) is 2.64. The molecule has 2 heterocycles. The SMILES string of the molecule is C[C@]12C[C@@H](NC(=O)N1CCc1ccccc1)c1cc(Br)ccc1O2. The summed E-state index contributed by atoms with van der Waals surface area (Å²) >= 11 is 3.49. The van der Waals surface area contributed by atoms with Gasteiger partial charge in [0.2, 0.25) is 0 Å². The van der Waals surface area contributed by atoms with E-state index in [0.29, 0.717) is 6.54 Å². The number of ether oxygens (including phenoxy) is 1. The average Bonchev–Trinajstić information content (AvgIpc) is 2.56. The Bertz CT molecular complexity index is 780. The van der Waals surface area contributed by atoms with E-state index in [1.807, 2.05) is 48.2 Å². The summed E-state index contributed by atoms with van der Waals surface area (Å²) in [6.07, 6.45) is 1.56. The monoisotopic (exact) mass is 386 g/mol. The molecule has 0 radical (unpaired) electrons. The van der Waals surface area contributed by atoms with E-state index in [1.165, 1.54) is 5.56 Å². The lowest BCUT2D eigenvalue weighted by Gasteiger charge is -2.50. The first-order chi connectivity index (χ1) is 11.5. The van der Waals surface area contributed by atoms with Crippen molar-refractivity contribution in [3.63, 3.8) is 0 Å². The molecule has 4 rings (SSSR count). The summed E-state index contributed by atoms with van der Waals surface area (Å²) in [4.78, 5) is 14.5. The Morgan fingerprint density at radius 2 is 2.08 bits per heavy atom. The van der Waals surface area contributed by atoms with Gasteiger partial charge in [-0.1, -0.05) is 46.3 Å². The van der Waals surface area contributed by atoms with Gasteiger partial charge in [-0.15, -0.1) is 0 Å². The minimum absolute atomic E-state index is 0.00303. The Morgan fingerprint density at radius 3 is 2.88 bits per heavy atom. The van der Waals surface area contributed by atoms with Crippen LogP contribution in [0.1, 0.15) is 30.5 Å². The third-order valence-corrected chi connectivity index (χ3v) is 5.33. The number of nitrogens with zero attached hydrogens (tertiary/aromatic N) is 1. The first kappa shape index (κ1) is 15.5. The van der Waals surface area contributed by atoms with Crippen molar-refractivity contribution < 1.29 is 9.53 Å². The molecule has 2 aliphatic heterocycles. The number of urea groups is 1. The van der Waals surface area contributed by atoms with Crippen LogP contribution in [0.25, 0.3) is 0 Å². The number of halogens is 1. The maximum absolute atomic E-state index is 12.7. The molecule has 1 fully saturated rings. The van der Waals surface area contributed by atoms with E-state index >= 15 is 0 Å². The van der Waals surface area contributed by atoms with Gasteiger partial charge in [0, 0.05) is 23.0 Å². The fourth-order valence-corrected chi connectivity index (χ4v) is 3.99. The van der Waals surface area contributed by atoms with Gasteiger partial charge in [-0.3, -0.25) is 4.90 Å². The van der Waals surface area contributed by atoms with Crippen molar-refractivity contribution in [3.8, 4) is 5.75 Å². The second-order valence-electron chi connectivity index (χ2n) is 6.55. The molecule has 2 amide bonds. The van der Waals surface area contributed by atoms with E-state index in [9.17, 15) is 4.79 Å². The van der Waals surface area contributed by atoms with Crippen LogP contribution < -0.4 is 10.1 Å². The lowest BCUT2D eigenvalue weighted by Crippen LogP contribution is -2.65. The van der Waals surface area contributed by atoms with Gasteiger partial charge < -0.3 is 10.1 Å². The Morgan fingerprint density at radius 1 is 1.29 bits per heavy atom. The fraction of sp³-hybridized carbons (Fsp3) is 0.316. The van der Waals surface area contributed by atoms with Crippen LogP contribution in [0.3, 0.4) is 0 Å². The van der Waals surface area contributed by atoms with Gasteiger partial charge in [-0.05, 0) is 37.1 Å². The van der Waals surface area contributed by atoms with Crippen LogP contribution in [0.2, 0.25) is 0 Å². The van der Waals surface area contributed by atoms with E-state index < -0.39 is 5.72 Å². The van der Waals surface area contributed by atoms with Crippen LogP contribution in [0.4, 0.5) is 4.79 Å². The Labute approximate surface area is 149 Å². The Balaban J connectivity index is 1.59. The van der Waals surface area contributed by atoms with E-state index in [2.05, 4.69) is 33.4 Å². The van der Waals surface area contributed by atoms with Gasteiger partial charge in [-0.25, -0.2) is 4.79 Å². The zero-order valence-corrected chi connectivity index (χ0v) is 15.0. The number of amides is 2. The Hall–Kier alpha value is -2.01. The molecule has 1 N–H and O–H groups in total. The second kappa shape index (κ2) is 5.81. The van der Waals surface area contributed by atoms with Crippen LogP contribution in [0, 0.1) is 0 Å². The standard InChI is InChI=1S/C19H19BrN2O2/c1-19-12-16(15-11-14(20)7-8-17(15)24-19)21-18(23)22(19)10-9-13-5-3-2-4-6-13/h2-8,11,16H,9-10,12H2,1H3,(H,21,23)/t16-,19+/m1/s1. The number of hydrogen-bond donors (Lipinski definition) is 1. The third kappa shape index (κ3) is 2.67. The minimum Gasteiger partial charge on any atom is -0.468 e. The van der Waals surface area contributed by atoms with Crippen molar-refractivity contribution in [2.75, 3.05) is 6.54 Å². The van der Waals surface area contributed by atoms with Gasteiger partial charge in [0.25, 0.3) is 0 Å². The lowest BCUT2D eigenvalue weighted by molar-refractivity contribution is -0.0833. The van der Waals surface area contributed by atoms with E-state index in [0.717, 1.165) is 28.6 Å². The summed E-state index contributed by atoms with van der Waals surface area (Å²) in [5.74, 6) is 0.849. The molecule has 2 aromatic rings. The molecule has 0 saturated carbocycles. The quantitative estimate of drug-likeness (QED) is 0.855. The van der Waals surface area contributed by atoms with Crippen molar-refractivity contribution in [3.05, 3.63) is 64.1 Å². The number of rotatable bonds is 3. The predicted octanol–water partition coefficient (Wildman–Crippen LogP) is 4.26. The number of hydrogen-bond acceptors (Lipinski definition) is 2. The predicted molar refractivity (Wildman–Crippen MR) is 95.9 cm³/mol. The summed E-state index contributed by atoms with van der Waals surface area (Å²) in [5.41, 5.74) is 1.65. The highest BCUT2D eigenvalue weighted by Gasteiger charge is 2.48. The summed E-state index contributed by atoms with van der Waals surface area (Å²) < 4.78 is 7.26. The van der Waals surface area contributed by atoms with Gasteiger partial charge in [0.1, 0.15) is 5.75 Å². The van der Waals surface area contributed by atoms with E-state index in [-0.39, 0.29) is 12.1 Å². The zero-order valence-electron chi connectivity index (χ0n) is 13.5. The molecule has 5 heteroatoms. The number of carbonyl (C=O) groups excluding carboxylic acids is 1. The van der Waals surface area contributed by atoms with Gasteiger partial charge in [-0.2, -0.15) is 0 Å². The molecule has 1 saturated heterocycles. The van der Waals surface area contributed by atoms with Crippen LogP contribution in [-0.4, -0.2) is 23.2 Å². The molecule has 4 nitrogen and oxygen atoms in total. The Kier molecular flexibility index (Phi) is 3.76. The topological polar surface area (TPSA) is 41.6 Å². The fourth-order valence-electron chi connectivity index (χ4n) is 3.61. The van der Waals surface area contributed by atoms with Crippen molar-refractivity contribution in [2.45, 2.75) is 31.5 Å². The molecule has 0 aromatic heterocycles. The van der Waals surface area contributed by atoms with Crippen molar-refractivity contribution in [1.29, 1.82) is 0 Å². The number of benzene rings is 2. The normalized spacial score (nSPS) is 24.8. The largest absolute Gasteiger partial charge is 0.468 e. The molecule has 0 spiro atoms. The molecule has 24 heavy (non-hydrogen) atoms. The molecule has 2 aromatic carbocycles.